The van der Waals surface area contributed by atoms with Gasteiger partial charge in [-0.05, 0) is 43.2 Å². The molecule has 9 heteroatoms. The molecule has 1 atom stereocenters. The van der Waals surface area contributed by atoms with Gasteiger partial charge < -0.3 is 10.0 Å². The van der Waals surface area contributed by atoms with E-state index in [2.05, 4.69) is 11.1 Å². The first-order valence-electron chi connectivity index (χ1n) is 8.67. The summed E-state index contributed by atoms with van der Waals surface area (Å²) < 4.78 is 27.0. The number of aryl methyl sites for hydroxylation is 1. The highest BCUT2D eigenvalue weighted by atomic mass is 32.2. The molecule has 1 aliphatic rings. The van der Waals surface area contributed by atoms with Crippen LogP contribution in [0.1, 0.15) is 17.5 Å². The van der Waals surface area contributed by atoms with Crippen LogP contribution >= 0.6 is 0 Å². The maximum absolute atomic E-state index is 12.8. The number of nitriles is 1. The number of pyridine rings is 1. The van der Waals surface area contributed by atoms with Gasteiger partial charge in [-0.15, -0.1) is 0 Å². The molecule has 1 aromatic heterocycles. The number of rotatable bonds is 4. The Morgan fingerprint density at radius 3 is 2.68 bits per heavy atom. The molecule has 2 heterocycles. The molecule has 0 saturated carbocycles. The summed E-state index contributed by atoms with van der Waals surface area (Å²) in [5.41, 5.74) is 2.81. The lowest BCUT2D eigenvalue weighted by atomic mass is 10.0. The maximum atomic E-state index is 12.8. The monoisotopic (exact) mass is 400 g/mol. The summed E-state index contributed by atoms with van der Waals surface area (Å²) in [6.45, 7) is 2.22. The number of nitrogens with zero attached hydrogens (tertiary/aromatic N) is 4. The van der Waals surface area contributed by atoms with Crippen LogP contribution in [0.5, 0.6) is 0 Å². The third kappa shape index (κ3) is 3.69. The third-order valence-electron chi connectivity index (χ3n) is 4.99. The van der Waals surface area contributed by atoms with Gasteiger partial charge in [0.15, 0.2) is 0 Å². The van der Waals surface area contributed by atoms with E-state index in [0.717, 1.165) is 16.0 Å². The first kappa shape index (κ1) is 19.8. The van der Waals surface area contributed by atoms with Gasteiger partial charge in [-0.2, -0.15) is 9.57 Å². The van der Waals surface area contributed by atoms with Crippen LogP contribution in [0.15, 0.2) is 41.4 Å². The van der Waals surface area contributed by atoms with Crippen molar-refractivity contribution in [2.45, 2.75) is 24.3 Å². The van der Waals surface area contributed by atoms with Crippen LogP contribution in [-0.4, -0.2) is 60.0 Å². The summed E-state index contributed by atoms with van der Waals surface area (Å²) in [6, 6.07) is 10.2. The predicted molar refractivity (Wildman–Crippen MR) is 102 cm³/mol. The Labute approximate surface area is 163 Å². The van der Waals surface area contributed by atoms with Gasteiger partial charge >= 0.3 is 6.09 Å². The highest BCUT2D eigenvalue weighted by Crippen LogP contribution is 2.25. The molecule has 8 nitrogen and oxygen atoms in total. The Balaban J connectivity index is 1.80. The fourth-order valence-electron chi connectivity index (χ4n) is 3.20. The largest absolute Gasteiger partial charge is 0.465 e. The quantitative estimate of drug-likeness (QED) is 0.842. The summed E-state index contributed by atoms with van der Waals surface area (Å²) in [5.74, 6) is 0. The number of sulfonamides is 1. The molecule has 1 N–H and O–H groups in total. The minimum absolute atomic E-state index is 0.0697. The second kappa shape index (κ2) is 7.58. The number of hydrogen-bond acceptors (Lipinski definition) is 5. The highest BCUT2D eigenvalue weighted by Gasteiger charge is 2.35. The van der Waals surface area contributed by atoms with Crippen LogP contribution in [0.25, 0.3) is 11.3 Å². The molecular formula is C19H20N4O4S. The van der Waals surface area contributed by atoms with Crippen LogP contribution in [0.3, 0.4) is 0 Å². The third-order valence-corrected chi connectivity index (χ3v) is 6.84. The lowest BCUT2D eigenvalue weighted by Crippen LogP contribution is -2.39. The minimum Gasteiger partial charge on any atom is -0.465 e. The van der Waals surface area contributed by atoms with Crippen LogP contribution in [0.2, 0.25) is 0 Å². The normalized spacial score (nSPS) is 17.2. The topological polar surface area (TPSA) is 115 Å². The molecule has 0 aliphatic carbocycles. The van der Waals surface area contributed by atoms with Crippen LogP contribution in [0.4, 0.5) is 4.79 Å². The molecule has 1 aromatic carbocycles. The van der Waals surface area contributed by atoms with Crippen molar-refractivity contribution in [3.05, 3.63) is 47.7 Å². The maximum Gasteiger partial charge on any atom is 0.407 e. The van der Waals surface area contributed by atoms with E-state index in [1.807, 2.05) is 13.0 Å². The number of carbonyl (C=O) groups is 1. The van der Waals surface area contributed by atoms with Gasteiger partial charge in [-0.1, -0.05) is 6.07 Å². The van der Waals surface area contributed by atoms with Crippen molar-refractivity contribution in [2.24, 2.45) is 0 Å². The van der Waals surface area contributed by atoms with Gasteiger partial charge in [-0.3, -0.25) is 4.98 Å². The Morgan fingerprint density at radius 2 is 2.11 bits per heavy atom. The predicted octanol–water partition coefficient (Wildman–Crippen LogP) is 2.30. The van der Waals surface area contributed by atoms with Gasteiger partial charge in [-0.25, -0.2) is 13.2 Å². The van der Waals surface area contributed by atoms with Crippen molar-refractivity contribution < 1.29 is 18.3 Å². The Bertz CT molecular complexity index is 1040. The highest BCUT2D eigenvalue weighted by molar-refractivity contribution is 7.89. The first-order chi connectivity index (χ1) is 13.2. The van der Waals surface area contributed by atoms with Crippen LogP contribution < -0.4 is 0 Å². The van der Waals surface area contributed by atoms with Crippen LogP contribution in [0, 0.1) is 18.3 Å². The summed E-state index contributed by atoms with van der Waals surface area (Å²) in [7, 11) is -2.30. The SMILES string of the molecule is Cc1cc(-c2ccc(S(=O)(=O)N3CC[C@@H](N(C)C(=O)O)C3)cn2)ccc1C#N. The molecule has 1 amide bonds. The number of benzene rings is 1. The minimum atomic E-state index is -3.74. The van der Waals surface area contributed by atoms with E-state index >= 15 is 0 Å². The molecule has 0 unspecified atom stereocenters. The molecule has 3 rings (SSSR count). The fourth-order valence-corrected chi connectivity index (χ4v) is 4.64. The molecule has 1 fully saturated rings. The molecule has 0 bridgehead atoms. The fraction of sp³-hybridized carbons (Fsp3) is 0.316. The average molecular weight is 400 g/mol. The second-order valence-corrected chi connectivity index (χ2v) is 8.66. The van der Waals surface area contributed by atoms with Crippen molar-refractivity contribution in [1.82, 2.24) is 14.2 Å². The zero-order valence-corrected chi connectivity index (χ0v) is 16.3. The Morgan fingerprint density at radius 1 is 1.36 bits per heavy atom. The van der Waals surface area contributed by atoms with E-state index in [1.165, 1.54) is 23.6 Å². The smallest absolute Gasteiger partial charge is 0.407 e. The van der Waals surface area contributed by atoms with Gasteiger partial charge in [0.25, 0.3) is 0 Å². The summed E-state index contributed by atoms with van der Waals surface area (Å²) >= 11 is 0. The van der Waals surface area contributed by atoms with E-state index in [-0.39, 0.29) is 24.0 Å². The molecule has 0 radical (unpaired) electrons. The van der Waals surface area contributed by atoms with E-state index in [9.17, 15) is 13.2 Å². The number of likely N-dealkylation sites (N-methyl/N-ethyl adjacent to an activating group) is 1. The van der Waals surface area contributed by atoms with Gasteiger partial charge in [0.05, 0.1) is 17.3 Å². The van der Waals surface area contributed by atoms with E-state index in [0.29, 0.717) is 17.7 Å². The zero-order chi connectivity index (χ0) is 20.5. The number of hydrogen-bond donors (Lipinski definition) is 1. The first-order valence-corrected chi connectivity index (χ1v) is 10.1. The summed E-state index contributed by atoms with van der Waals surface area (Å²) in [4.78, 5) is 16.6. The second-order valence-electron chi connectivity index (χ2n) is 6.72. The molecule has 146 valence electrons. The zero-order valence-electron chi connectivity index (χ0n) is 15.5. The number of aromatic nitrogens is 1. The van der Waals surface area contributed by atoms with Gasteiger partial charge in [0, 0.05) is 37.9 Å². The molecule has 28 heavy (non-hydrogen) atoms. The Hall–Kier alpha value is -2.96. The molecule has 2 aromatic rings. The molecular weight excluding hydrogens is 380 g/mol. The van der Waals surface area contributed by atoms with E-state index in [4.69, 9.17) is 10.4 Å². The summed E-state index contributed by atoms with van der Waals surface area (Å²) in [6.07, 6.45) is 0.692. The summed E-state index contributed by atoms with van der Waals surface area (Å²) in [5, 5.41) is 18.1. The lowest BCUT2D eigenvalue weighted by Gasteiger charge is -2.21. The molecule has 0 spiro atoms. The standard InChI is InChI=1S/C19H20N4O4S/c1-13-9-14(3-4-15(13)10-20)18-6-5-17(11-21-18)28(26,27)23-8-7-16(12-23)22(2)19(24)25/h3-6,9,11,16H,7-8,12H2,1-2H3,(H,24,25)/t16-/m1/s1. The Kier molecular flexibility index (Phi) is 5.36. The van der Waals surface area contributed by atoms with Crippen molar-refractivity contribution in [1.29, 1.82) is 5.26 Å². The van der Waals surface area contributed by atoms with E-state index < -0.39 is 16.1 Å². The van der Waals surface area contributed by atoms with Crippen LogP contribution in [-0.2, 0) is 10.0 Å². The van der Waals surface area contributed by atoms with Gasteiger partial charge in [0.2, 0.25) is 10.0 Å². The van der Waals surface area contributed by atoms with Gasteiger partial charge in [0.1, 0.15) is 4.90 Å². The number of carboxylic acid groups (broad SMARTS) is 1. The number of amides is 1. The van der Waals surface area contributed by atoms with Crippen molar-refractivity contribution in [2.75, 3.05) is 20.1 Å². The molecule has 1 aliphatic heterocycles. The molecule has 1 saturated heterocycles. The van der Waals surface area contributed by atoms with Crippen molar-refractivity contribution >= 4 is 16.1 Å². The average Bonchev–Trinajstić information content (AvgIpc) is 3.18. The lowest BCUT2D eigenvalue weighted by molar-refractivity contribution is 0.140. The van der Waals surface area contributed by atoms with E-state index in [1.54, 1.807) is 18.2 Å². The van der Waals surface area contributed by atoms with Crippen molar-refractivity contribution in [3.8, 4) is 17.3 Å². The van der Waals surface area contributed by atoms with Crippen molar-refractivity contribution in [3.63, 3.8) is 0 Å².